The third-order valence-corrected chi connectivity index (χ3v) is 4.03. The van der Waals surface area contributed by atoms with Crippen LogP contribution in [-0.4, -0.2) is 17.6 Å². The van der Waals surface area contributed by atoms with E-state index in [4.69, 9.17) is 10.8 Å². The lowest BCUT2D eigenvalue weighted by Gasteiger charge is -2.28. The summed E-state index contributed by atoms with van der Waals surface area (Å²) in [5, 5.41) is 9.12. The molecule has 0 heterocycles. The molecule has 94 valence electrons. The lowest BCUT2D eigenvalue weighted by atomic mass is 9.77. The largest absolute Gasteiger partial charge is 0.481 e. The van der Waals surface area contributed by atoms with Gasteiger partial charge in [0.15, 0.2) is 0 Å². The van der Waals surface area contributed by atoms with Crippen molar-refractivity contribution in [1.82, 2.24) is 0 Å². The Bertz CT molecular complexity index is 212. The number of aliphatic carboxylic acids is 1. The summed E-state index contributed by atoms with van der Waals surface area (Å²) in [5.74, 6) is -0.0465. The predicted octanol–water partition coefficient (Wildman–Crippen LogP) is 2.64. The van der Waals surface area contributed by atoms with Crippen molar-refractivity contribution in [3.8, 4) is 0 Å². The molecular weight excluding hydrogens is 202 g/mol. The third kappa shape index (κ3) is 3.78. The normalized spacial score (nSPS) is 21.6. The van der Waals surface area contributed by atoms with Crippen molar-refractivity contribution < 1.29 is 9.90 Å². The van der Waals surface area contributed by atoms with Crippen molar-refractivity contribution in [3.63, 3.8) is 0 Å². The van der Waals surface area contributed by atoms with Gasteiger partial charge >= 0.3 is 5.97 Å². The zero-order valence-corrected chi connectivity index (χ0v) is 10.3. The highest BCUT2D eigenvalue weighted by molar-refractivity contribution is 5.70. The lowest BCUT2D eigenvalue weighted by molar-refractivity contribution is -0.143. The summed E-state index contributed by atoms with van der Waals surface area (Å²) in [4.78, 5) is 11.1. The summed E-state index contributed by atoms with van der Waals surface area (Å²) in [6.07, 6.45) is 8.56. The average molecular weight is 227 g/mol. The first-order valence-corrected chi connectivity index (χ1v) is 6.61. The molecule has 3 heteroatoms. The van der Waals surface area contributed by atoms with Gasteiger partial charge in [-0.15, -0.1) is 0 Å². The van der Waals surface area contributed by atoms with Crippen molar-refractivity contribution in [2.45, 2.75) is 51.9 Å². The second-order valence-electron chi connectivity index (χ2n) is 5.09. The van der Waals surface area contributed by atoms with E-state index in [2.05, 4.69) is 6.92 Å². The topological polar surface area (TPSA) is 63.3 Å². The minimum Gasteiger partial charge on any atom is -0.481 e. The number of rotatable bonds is 6. The van der Waals surface area contributed by atoms with Crippen molar-refractivity contribution >= 4 is 5.97 Å². The lowest BCUT2D eigenvalue weighted by Crippen LogP contribution is -2.32. The zero-order chi connectivity index (χ0) is 12.0. The SMILES string of the molecule is CCC(CC1CCCCC1)C(CN)C(=O)O. The molecule has 1 fully saturated rings. The molecule has 2 unspecified atom stereocenters. The van der Waals surface area contributed by atoms with E-state index in [1.165, 1.54) is 32.1 Å². The first-order chi connectivity index (χ1) is 7.69. The molecule has 0 bridgehead atoms. The number of hydrogen-bond acceptors (Lipinski definition) is 2. The molecule has 3 nitrogen and oxygen atoms in total. The van der Waals surface area contributed by atoms with Crippen molar-refractivity contribution in [2.24, 2.45) is 23.5 Å². The summed E-state index contributed by atoms with van der Waals surface area (Å²) >= 11 is 0. The molecule has 1 aliphatic carbocycles. The van der Waals surface area contributed by atoms with Crippen LogP contribution >= 0.6 is 0 Å². The van der Waals surface area contributed by atoms with Gasteiger partial charge < -0.3 is 10.8 Å². The van der Waals surface area contributed by atoms with Gasteiger partial charge in [0.1, 0.15) is 0 Å². The molecular formula is C13H25NO2. The molecule has 16 heavy (non-hydrogen) atoms. The number of carboxylic acids is 1. The van der Waals surface area contributed by atoms with Gasteiger partial charge in [0.2, 0.25) is 0 Å². The van der Waals surface area contributed by atoms with Crippen LogP contribution in [-0.2, 0) is 4.79 Å². The summed E-state index contributed by atoms with van der Waals surface area (Å²) in [5.41, 5.74) is 5.57. The number of carbonyl (C=O) groups is 1. The van der Waals surface area contributed by atoms with Crippen LogP contribution in [0, 0.1) is 17.8 Å². The first-order valence-electron chi connectivity index (χ1n) is 6.61. The Labute approximate surface area is 98.4 Å². The van der Waals surface area contributed by atoms with Gasteiger partial charge in [0.25, 0.3) is 0 Å². The van der Waals surface area contributed by atoms with E-state index in [0.717, 1.165) is 18.8 Å². The van der Waals surface area contributed by atoms with Crippen molar-refractivity contribution in [1.29, 1.82) is 0 Å². The van der Waals surface area contributed by atoms with E-state index in [9.17, 15) is 4.79 Å². The molecule has 2 atom stereocenters. The van der Waals surface area contributed by atoms with Crippen molar-refractivity contribution in [3.05, 3.63) is 0 Å². The molecule has 0 spiro atoms. The van der Waals surface area contributed by atoms with Gasteiger partial charge in [0, 0.05) is 6.54 Å². The van der Waals surface area contributed by atoms with Crippen LogP contribution in [0.15, 0.2) is 0 Å². The van der Waals surface area contributed by atoms with Gasteiger partial charge in [-0.3, -0.25) is 4.79 Å². The molecule has 1 rings (SSSR count). The highest BCUT2D eigenvalue weighted by Crippen LogP contribution is 2.32. The summed E-state index contributed by atoms with van der Waals surface area (Å²) in [7, 11) is 0. The minimum absolute atomic E-state index is 0.269. The Hall–Kier alpha value is -0.570. The quantitative estimate of drug-likeness (QED) is 0.733. The molecule has 0 aromatic rings. The smallest absolute Gasteiger partial charge is 0.308 e. The highest BCUT2D eigenvalue weighted by atomic mass is 16.4. The molecule has 1 saturated carbocycles. The van der Waals surface area contributed by atoms with Crippen LogP contribution < -0.4 is 5.73 Å². The molecule has 0 aromatic heterocycles. The monoisotopic (exact) mass is 227 g/mol. The molecule has 0 amide bonds. The van der Waals surface area contributed by atoms with Crippen LogP contribution in [0.3, 0.4) is 0 Å². The Morgan fingerprint density at radius 3 is 2.44 bits per heavy atom. The Balaban J connectivity index is 2.48. The summed E-state index contributed by atoms with van der Waals surface area (Å²) in [6, 6.07) is 0. The Kier molecular flexibility index (Phi) is 5.81. The fourth-order valence-electron chi connectivity index (χ4n) is 2.96. The van der Waals surface area contributed by atoms with Crippen molar-refractivity contribution in [2.75, 3.05) is 6.54 Å². The zero-order valence-electron chi connectivity index (χ0n) is 10.3. The summed E-state index contributed by atoms with van der Waals surface area (Å²) < 4.78 is 0. The van der Waals surface area contributed by atoms with E-state index in [0.29, 0.717) is 0 Å². The van der Waals surface area contributed by atoms with E-state index in [1.54, 1.807) is 0 Å². The summed E-state index contributed by atoms with van der Waals surface area (Å²) in [6.45, 7) is 2.36. The first kappa shape index (κ1) is 13.5. The van der Waals surface area contributed by atoms with Crippen LogP contribution in [0.1, 0.15) is 51.9 Å². The van der Waals surface area contributed by atoms with E-state index < -0.39 is 5.97 Å². The molecule has 0 radical (unpaired) electrons. The standard InChI is InChI=1S/C13H25NO2/c1-2-11(12(9-14)13(15)16)8-10-6-4-3-5-7-10/h10-12H,2-9,14H2,1H3,(H,15,16). The highest BCUT2D eigenvalue weighted by Gasteiger charge is 2.28. The van der Waals surface area contributed by atoms with Crippen LogP contribution in [0.5, 0.6) is 0 Å². The van der Waals surface area contributed by atoms with E-state index >= 15 is 0 Å². The maximum absolute atomic E-state index is 11.1. The molecule has 0 aromatic carbocycles. The fourth-order valence-corrected chi connectivity index (χ4v) is 2.96. The number of hydrogen-bond donors (Lipinski definition) is 2. The second kappa shape index (κ2) is 6.89. The number of nitrogens with two attached hydrogens (primary N) is 1. The molecule has 1 aliphatic rings. The van der Waals surface area contributed by atoms with E-state index in [1.807, 2.05) is 0 Å². The Morgan fingerprint density at radius 1 is 1.38 bits per heavy atom. The van der Waals surface area contributed by atoms with Crippen LogP contribution in [0.2, 0.25) is 0 Å². The number of carboxylic acid groups (broad SMARTS) is 1. The second-order valence-corrected chi connectivity index (χ2v) is 5.09. The fraction of sp³-hybridized carbons (Fsp3) is 0.923. The van der Waals surface area contributed by atoms with Crippen LogP contribution in [0.25, 0.3) is 0 Å². The minimum atomic E-state index is -0.717. The molecule has 0 saturated heterocycles. The van der Waals surface area contributed by atoms with Gasteiger partial charge in [-0.2, -0.15) is 0 Å². The van der Waals surface area contributed by atoms with Gasteiger partial charge in [-0.25, -0.2) is 0 Å². The van der Waals surface area contributed by atoms with Gasteiger partial charge in [0.05, 0.1) is 5.92 Å². The van der Waals surface area contributed by atoms with Gasteiger partial charge in [-0.1, -0.05) is 45.4 Å². The maximum Gasteiger partial charge on any atom is 0.308 e. The van der Waals surface area contributed by atoms with Gasteiger partial charge in [-0.05, 0) is 18.3 Å². The average Bonchev–Trinajstić information content (AvgIpc) is 2.29. The predicted molar refractivity (Wildman–Crippen MR) is 65.2 cm³/mol. The molecule has 0 aliphatic heterocycles. The molecule has 3 N–H and O–H groups in total. The maximum atomic E-state index is 11.1. The third-order valence-electron chi connectivity index (χ3n) is 4.03. The van der Waals surface area contributed by atoms with E-state index in [-0.39, 0.29) is 18.4 Å². The Morgan fingerprint density at radius 2 is 2.00 bits per heavy atom. The van der Waals surface area contributed by atoms with Crippen LogP contribution in [0.4, 0.5) is 0 Å².